The first kappa shape index (κ1) is 13.0. The first-order chi connectivity index (χ1) is 8.72. The minimum absolute atomic E-state index is 0.0170. The Balaban J connectivity index is 2.06. The molecule has 1 aliphatic heterocycles. The maximum absolute atomic E-state index is 11.8. The lowest BCUT2D eigenvalue weighted by atomic mass is 10.2. The average molecular weight is 265 g/mol. The van der Waals surface area contributed by atoms with E-state index in [0.29, 0.717) is 12.3 Å². The number of rotatable bonds is 4. The zero-order valence-electron chi connectivity index (χ0n) is 10.2. The number of nitrogens with zero attached hydrogens (tertiary/aromatic N) is 1. The van der Waals surface area contributed by atoms with Gasteiger partial charge in [-0.3, -0.25) is 9.59 Å². The van der Waals surface area contributed by atoms with E-state index in [2.05, 4.69) is 4.74 Å². The van der Waals surface area contributed by atoms with Gasteiger partial charge in [-0.25, -0.2) is 0 Å². The van der Waals surface area contributed by atoms with Crippen molar-refractivity contribution in [3.8, 4) is 0 Å². The number of amides is 1. The van der Waals surface area contributed by atoms with Crippen LogP contribution in [0.3, 0.4) is 0 Å². The van der Waals surface area contributed by atoms with Crippen LogP contribution >= 0.6 is 11.8 Å². The predicted octanol–water partition coefficient (Wildman–Crippen LogP) is 1.82. The summed E-state index contributed by atoms with van der Waals surface area (Å²) >= 11 is 1.60. The zero-order valence-corrected chi connectivity index (χ0v) is 11.0. The van der Waals surface area contributed by atoms with Crippen LogP contribution in [0, 0.1) is 0 Å². The van der Waals surface area contributed by atoms with E-state index in [-0.39, 0.29) is 23.7 Å². The Hall–Kier alpha value is -1.49. The van der Waals surface area contributed by atoms with Crippen LogP contribution in [-0.2, 0) is 14.3 Å². The van der Waals surface area contributed by atoms with Crippen LogP contribution in [0.4, 0.5) is 0 Å². The summed E-state index contributed by atoms with van der Waals surface area (Å²) in [6.07, 6.45) is 0.242. The number of carbonyl (C=O) groups excluding carboxylic acids is 2. The second kappa shape index (κ2) is 5.91. The Kier molecular flexibility index (Phi) is 4.25. The molecular weight excluding hydrogens is 250 g/mol. The van der Waals surface area contributed by atoms with E-state index in [1.54, 1.807) is 16.7 Å². The molecule has 0 saturated carbocycles. The van der Waals surface area contributed by atoms with Crippen LogP contribution in [0.15, 0.2) is 30.3 Å². The maximum Gasteiger partial charge on any atom is 0.307 e. The summed E-state index contributed by atoms with van der Waals surface area (Å²) in [6, 6.07) is 9.86. The van der Waals surface area contributed by atoms with Gasteiger partial charge < -0.3 is 9.64 Å². The molecule has 96 valence electrons. The lowest BCUT2D eigenvalue weighted by Gasteiger charge is -2.23. The Morgan fingerprint density at radius 3 is 2.83 bits per heavy atom. The first-order valence-corrected chi connectivity index (χ1v) is 6.80. The smallest absolute Gasteiger partial charge is 0.307 e. The molecule has 1 atom stereocenters. The van der Waals surface area contributed by atoms with Gasteiger partial charge >= 0.3 is 5.97 Å². The lowest BCUT2D eigenvalue weighted by Crippen LogP contribution is -2.30. The van der Waals surface area contributed by atoms with Crippen molar-refractivity contribution in [3.05, 3.63) is 35.9 Å². The van der Waals surface area contributed by atoms with Gasteiger partial charge in [-0.05, 0) is 5.56 Å². The Morgan fingerprint density at radius 2 is 2.17 bits per heavy atom. The Bertz CT molecular complexity index is 435. The third kappa shape index (κ3) is 2.85. The molecule has 1 fully saturated rings. The fourth-order valence-corrected chi connectivity index (χ4v) is 3.12. The summed E-state index contributed by atoms with van der Waals surface area (Å²) in [7, 11) is 1.36. The van der Waals surface area contributed by atoms with Crippen molar-refractivity contribution in [1.29, 1.82) is 0 Å². The topological polar surface area (TPSA) is 46.6 Å². The molecule has 0 aliphatic carbocycles. The molecule has 0 aromatic heterocycles. The molecule has 1 unspecified atom stereocenters. The number of methoxy groups -OCH3 is 1. The molecule has 1 aromatic carbocycles. The summed E-state index contributed by atoms with van der Waals surface area (Å²) in [5.74, 6) is 0.269. The van der Waals surface area contributed by atoms with E-state index in [1.807, 2.05) is 30.3 Å². The van der Waals surface area contributed by atoms with Gasteiger partial charge in [0.05, 0.1) is 19.3 Å². The van der Waals surface area contributed by atoms with Crippen LogP contribution in [0.25, 0.3) is 0 Å². The third-order valence-electron chi connectivity index (χ3n) is 2.84. The van der Waals surface area contributed by atoms with Crippen molar-refractivity contribution in [1.82, 2.24) is 4.90 Å². The maximum atomic E-state index is 11.8. The normalized spacial score (nSPS) is 19.1. The third-order valence-corrected chi connectivity index (χ3v) is 4.09. The summed E-state index contributed by atoms with van der Waals surface area (Å²) in [6.45, 7) is 0.415. The fourth-order valence-electron chi connectivity index (χ4n) is 1.90. The Morgan fingerprint density at radius 1 is 1.44 bits per heavy atom. The summed E-state index contributed by atoms with van der Waals surface area (Å²) in [4.78, 5) is 24.7. The molecule has 2 rings (SSSR count). The van der Waals surface area contributed by atoms with Gasteiger partial charge in [-0.2, -0.15) is 0 Å². The minimum Gasteiger partial charge on any atom is -0.469 e. The van der Waals surface area contributed by atoms with Crippen LogP contribution in [0.1, 0.15) is 17.4 Å². The molecule has 4 nitrogen and oxygen atoms in total. The summed E-state index contributed by atoms with van der Waals surface area (Å²) in [5, 5.41) is 0.0170. The van der Waals surface area contributed by atoms with Gasteiger partial charge in [0.1, 0.15) is 5.37 Å². The number of esters is 1. The molecule has 1 saturated heterocycles. The highest BCUT2D eigenvalue weighted by Gasteiger charge is 2.32. The van der Waals surface area contributed by atoms with Crippen LogP contribution < -0.4 is 0 Å². The predicted molar refractivity (Wildman–Crippen MR) is 70.0 cm³/mol. The molecule has 1 heterocycles. The number of hydrogen-bond donors (Lipinski definition) is 0. The second-order valence-electron chi connectivity index (χ2n) is 3.99. The van der Waals surface area contributed by atoms with E-state index >= 15 is 0 Å². The van der Waals surface area contributed by atoms with Crippen LogP contribution in [0.5, 0.6) is 0 Å². The van der Waals surface area contributed by atoms with Crippen molar-refractivity contribution >= 4 is 23.6 Å². The fraction of sp³-hybridized carbons (Fsp3) is 0.385. The van der Waals surface area contributed by atoms with E-state index in [9.17, 15) is 9.59 Å². The van der Waals surface area contributed by atoms with Crippen molar-refractivity contribution < 1.29 is 14.3 Å². The molecule has 5 heteroatoms. The van der Waals surface area contributed by atoms with Gasteiger partial charge in [-0.1, -0.05) is 30.3 Å². The second-order valence-corrected chi connectivity index (χ2v) is 5.06. The Labute approximate surface area is 110 Å². The minimum atomic E-state index is -0.286. The number of ether oxygens (including phenoxy) is 1. The number of benzene rings is 1. The number of thioether (sulfide) groups is 1. The van der Waals surface area contributed by atoms with Crippen molar-refractivity contribution in [2.75, 3.05) is 19.4 Å². The lowest BCUT2D eigenvalue weighted by molar-refractivity contribution is -0.141. The highest BCUT2D eigenvalue weighted by molar-refractivity contribution is 8.00. The molecular formula is C13H15NO3S. The molecule has 0 spiro atoms. The monoisotopic (exact) mass is 265 g/mol. The van der Waals surface area contributed by atoms with E-state index < -0.39 is 0 Å². The van der Waals surface area contributed by atoms with E-state index in [1.165, 1.54) is 7.11 Å². The highest BCUT2D eigenvalue weighted by Crippen LogP contribution is 2.38. The summed E-state index contributed by atoms with van der Waals surface area (Å²) < 4.78 is 4.60. The number of carbonyl (C=O) groups is 2. The van der Waals surface area contributed by atoms with Crippen LogP contribution in [0.2, 0.25) is 0 Å². The SMILES string of the molecule is COC(=O)CCN1C(=O)CSC1c1ccccc1. The highest BCUT2D eigenvalue weighted by atomic mass is 32.2. The van der Waals surface area contributed by atoms with Crippen molar-refractivity contribution in [2.24, 2.45) is 0 Å². The van der Waals surface area contributed by atoms with Crippen molar-refractivity contribution in [3.63, 3.8) is 0 Å². The van der Waals surface area contributed by atoms with Gasteiger partial charge in [0.2, 0.25) is 5.91 Å². The molecule has 18 heavy (non-hydrogen) atoms. The first-order valence-electron chi connectivity index (χ1n) is 5.75. The van der Waals surface area contributed by atoms with E-state index in [4.69, 9.17) is 0 Å². The average Bonchev–Trinajstić information content (AvgIpc) is 2.78. The molecule has 1 amide bonds. The standard InChI is InChI=1S/C13H15NO3S/c1-17-12(16)7-8-14-11(15)9-18-13(14)10-5-3-2-4-6-10/h2-6,13H,7-9H2,1H3. The molecule has 0 radical (unpaired) electrons. The quantitative estimate of drug-likeness (QED) is 0.779. The molecule has 1 aliphatic rings. The number of hydrogen-bond acceptors (Lipinski definition) is 4. The molecule has 0 N–H and O–H groups in total. The van der Waals surface area contributed by atoms with Gasteiger partial charge in [0.15, 0.2) is 0 Å². The van der Waals surface area contributed by atoms with Crippen molar-refractivity contribution in [2.45, 2.75) is 11.8 Å². The van der Waals surface area contributed by atoms with E-state index in [0.717, 1.165) is 5.56 Å². The summed E-state index contributed by atoms with van der Waals surface area (Å²) in [5.41, 5.74) is 1.10. The van der Waals surface area contributed by atoms with Gasteiger partial charge in [0.25, 0.3) is 0 Å². The molecule has 1 aromatic rings. The zero-order chi connectivity index (χ0) is 13.0. The van der Waals surface area contributed by atoms with Gasteiger partial charge in [-0.15, -0.1) is 11.8 Å². The molecule has 0 bridgehead atoms. The largest absolute Gasteiger partial charge is 0.469 e. The van der Waals surface area contributed by atoms with Crippen LogP contribution in [-0.4, -0.2) is 36.2 Å². The van der Waals surface area contributed by atoms with Gasteiger partial charge in [0, 0.05) is 6.54 Å².